The number of carboxylic acids is 1. The number of carbonyl (C=O) groups is 1. The lowest BCUT2D eigenvalue weighted by molar-refractivity contribution is -0.136. The number of thioether (sulfide) groups is 1. The number of hydrogen-bond acceptors (Lipinski definition) is 3. The summed E-state index contributed by atoms with van der Waals surface area (Å²) in [4.78, 5) is 10.8. The molecule has 1 saturated heterocycles. The van der Waals surface area contributed by atoms with E-state index in [-0.39, 0.29) is 10.6 Å². The highest BCUT2D eigenvalue weighted by Crippen LogP contribution is 2.35. The van der Waals surface area contributed by atoms with Crippen LogP contribution in [0.4, 0.5) is 0 Å². The number of rotatable bonds is 2. The number of nitrogens with one attached hydrogen (secondary N) is 1. The van der Waals surface area contributed by atoms with Crippen molar-refractivity contribution >= 4 is 29.3 Å². The molecule has 1 aliphatic rings. The SMILES string of the molecule is O=C(O)C1CNC(c2ccc(Cl)cc2)S1. The van der Waals surface area contributed by atoms with E-state index in [1.165, 1.54) is 11.8 Å². The van der Waals surface area contributed by atoms with Crippen molar-refractivity contribution in [3.05, 3.63) is 34.9 Å². The molecule has 1 aromatic carbocycles. The molecule has 2 unspecified atom stereocenters. The number of halogens is 1. The second-order valence-electron chi connectivity index (χ2n) is 3.30. The van der Waals surface area contributed by atoms with Gasteiger partial charge in [0.2, 0.25) is 0 Å². The molecule has 1 aliphatic heterocycles. The Balaban J connectivity index is 2.07. The zero-order valence-corrected chi connectivity index (χ0v) is 9.39. The van der Waals surface area contributed by atoms with Gasteiger partial charge in [0.25, 0.3) is 0 Å². The van der Waals surface area contributed by atoms with Crippen LogP contribution in [-0.2, 0) is 4.79 Å². The van der Waals surface area contributed by atoms with Gasteiger partial charge in [-0.1, -0.05) is 23.7 Å². The largest absolute Gasteiger partial charge is 0.480 e. The maximum atomic E-state index is 10.8. The fourth-order valence-corrected chi connectivity index (χ4v) is 2.72. The minimum atomic E-state index is -0.760. The Labute approximate surface area is 96.8 Å². The third-order valence-corrected chi connectivity index (χ3v) is 3.90. The van der Waals surface area contributed by atoms with Crippen molar-refractivity contribution in [1.82, 2.24) is 5.32 Å². The summed E-state index contributed by atoms with van der Waals surface area (Å²) >= 11 is 7.20. The molecule has 1 aromatic rings. The lowest BCUT2D eigenvalue weighted by Gasteiger charge is -2.09. The first-order chi connectivity index (χ1) is 7.16. The van der Waals surface area contributed by atoms with Crippen molar-refractivity contribution in [3.63, 3.8) is 0 Å². The standard InChI is InChI=1S/C10H10ClNO2S/c11-7-3-1-6(2-4-7)9-12-5-8(15-9)10(13)14/h1-4,8-9,12H,5H2,(H,13,14). The normalized spacial score (nSPS) is 25.4. The lowest BCUT2D eigenvalue weighted by atomic mass is 10.2. The van der Waals surface area contributed by atoms with Crippen molar-refractivity contribution in [1.29, 1.82) is 0 Å². The van der Waals surface area contributed by atoms with Crippen LogP contribution in [0, 0.1) is 0 Å². The predicted octanol–water partition coefficient (Wildman–Crippen LogP) is 2.13. The van der Waals surface area contributed by atoms with E-state index in [0.717, 1.165) is 5.56 Å². The number of hydrogen-bond donors (Lipinski definition) is 2. The maximum absolute atomic E-state index is 10.8. The molecule has 1 fully saturated rings. The maximum Gasteiger partial charge on any atom is 0.318 e. The van der Waals surface area contributed by atoms with Gasteiger partial charge in [-0.2, -0.15) is 0 Å². The monoisotopic (exact) mass is 243 g/mol. The Bertz CT molecular complexity index is 368. The van der Waals surface area contributed by atoms with Gasteiger partial charge in [0, 0.05) is 11.6 Å². The third kappa shape index (κ3) is 2.45. The van der Waals surface area contributed by atoms with Crippen molar-refractivity contribution < 1.29 is 9.90 Å². The predicted molar refractivity (Wildman–Crippen MR) is 61.2 cm³/mol. The van der Waals surface area contributed by atoms with E-state index in [1.807, 2.05) is 24.3 Å². The van der Waals surface area contributed by atoms with Gasteiger partial charge >= 0.3 is 5.97 Å². The van der Waals surface area contributed by atoms with Crippen LogP contribution in [-0.4, -0.2) is 22.9 Å². The summed E-state index contributed by atoms with van der Waals surface area (Å²) in [7, 11) is 0. The van der Waals surface area contributed by atoms with Crippen LogP contribution in [0.3, 0.4) is 0 Å². The van der Waals surface area contributed by atoms with Crippen LogP contribution in [0.1, 0.15) is 10.9 Å². The quantitative estimate of drug-likeness (QED) is 0.836. The molecule has 0 saturated carbocycles. The van der Waals surface area contributed by atoms with Crippen molar-refractivity contribution in [2.45, 2.75) is 10.6 Å². The second-order valence-corrected chi connectivity index (χ2v) is 5.05. The number of benzene rings is 1. The van der Waals surface area contributed by atoms with E-state index < -0.39 is 5.97 Å². The summed E-state index contributed by atoms with van der Waals surface area (Å²) in [5, 5.41) is 12.4. The van der Waals surface area contributed by atoms with E-state index in [1.54, 1.807) is 0 Å². The Hall–Kier alpha value is -0.710. The molecule has 2 rings (SSSR count). The molecule has 5 heteroatoms. The van der Waals surface area contributed by atoms with Gasteiger partial charge < -0.3 is 5.11 Å². The van der Waals surface area contributed by atoms with Crippen LogP contribution >= 0.6 is 23.4 Å². The summed E-state index contributed by atoms with van der Waals surface area (Å²) < 4.78 is 0. The Kier molecular flexibility index (Phi) is 3.19. The third-order valence-electron chi connectivity index (χ3n) is 2.24. The minimum absolute atomic E-state index is 0.0587. The van der Waals surface area contributed by atoms with E-state index >= 15 is 0 Å². The Morgan fingerprint density at radius 1 is 1.47 bits per heavy atom. The Morgan fingerprint density at radius 2 is 2.13 bits per heavy atom. The van der Waals surface area contributed by atoms with Gasteiger partial charge in [0.1, 0.15) is 5.25 Å². The number of aliphatic carboxylic acids is 1. The van der Waals surface area contributed by atoms with Crippen LogP contribution in [0.2, 0.25) is 5.02 Å². The molecule has 0 bridgehead atoms. The van der Waals surface area contributed by atoms with E-state index in [4.69, 9.17) is 16.7 Å². The average molecular weight is 244 g/mol. The lowest BCUT2D eigenvalue weighted by Crippen LogP contribution is -2.21. The zero-order chi connectivity index (χ0) is 10.8. The summed E-state index contributed by atoms with van der Waals surface area (Å²) in [5.74, 6) is -0.760. The van der Waals surface area contributed by atoms with Crippen molar-refractivity contribution in [2.75, 3.05) is 6.54 Å². The summed E-state index contributed by atoms with van der Waals surface area (Å²) in [5.41, 5.74) is 1.06. The van der Waals surface area contributed by atoms with Gasteiger partial charge in [-0.05, 0) is 17.7 Å². The molecule has 3 nitrogen and oxygen atoms in total. The highest BCUT2D eigenvalue weighted by molar-refractivity contribution is 8.01. The van der Waals surface area contributed by atoms with E-state index in [0.29, 0.717) is 11.6 Å². The molecular formula is C10H10ClNO2S. The summed E-state index contributed by atoms with van der Waals surface area (Å²) in [6.07, 6.45) is 0. The molecule has 80 valence electrons. The van der Waals surface area contributed by atoms with Gasteiger partial charge in [0.05, 0.1) is 5.37 Å². The minimum Gasteiger partial charge on any atom is -0.480 e. The van der Waals surface area contributed by atoms with Gasteiger partial charge in [-0.15, -0.1) is 11.8 Å². The topological polar surface area (TPSA) is 49.3 Å². The number of carboxylic acid groups (broad SMARTS) is 1. The molecule has 0 aliphatic carbocycles. The molecule has 0 radical (unpaired) electrons. The summed E-state index contributed by atoms with van der Waals surface area (Å²) in [6, 6.07) is 7.45. The zero-order valence-electron chi connectivity index (χ0n) is 7.81. The molecule has 0 amide bonds. The van der Waals surface area contributed by atoms with Crippen LogP contribution in [0.15, 0.2) is 24.3 Å². The molecular weight excluding hydrogens is 234 g/mol. The average Bonchev–Trinajstić information content (AvgIpc) is 2.68. The summed E-state index contributed by atoms with van der Waals surface area (Å²) in [6.45, 7) is 0.507. The van der Waals surface area contributed by atoms with Gasteiger partial charge in [-0.25, -0.2) is 0 Å². The van der Waals surface area contributed by atoms with Crippen molar-refractivity contribution in [3.8, 4) is 0 Å². The van der Waals surface area contributed by atoms with Gasteiger partial charge in [-0.3, -0.25) is 10.1 Å². The molecule has 1 heterocycles. The molecule has 15 heavy (non-hydrogen) atoms. The first-order valence-corrected chi connectivity index (χ1v) is 5.86. The molecule has 2 N–H and O–H groups in total. The molecule has 0 aromatic heterocycles. The fourth-order valence-electron chi connectivity index (χ4n) is 1.45. The van der Waals surface area contributed by atoms with Crippen LogP contribution < -0.4 is 5.32 Å². The van der Waals surface area contributed by atoms with Crippen molar-refractivity contribution in [2.24, 2.45) is 0 Å². The van der Waals surface area contributed by atoms with Crippen LogP contribution in [0.5, 0.6) is 0 Å². The first kappa shape index (κ1) is 10.8. The van der Waals surface area contributed by atoms with Crippen LogP contribution in [0.25, 0.3) is 0 Å². The fraction of sp³-hybridized carbons (Fsp3) is 0.300. The second kappa shape index (κ2) is 4.43. The Morgan fingerprint density at radius 3 is 2.67 bits per heavy atom. The van der Waals surface area contributed by atoms with E-state index in [2.05, 4.69) is 5.32 Å². The highest BCUT2D eigenvalue weighted by Gasteiger charge is 2.30. The first-order valence-electron chi connectivity index (χ1n) is 4.54. The smallest absolute Gasteiger partial charge is 0.318 e. The van der Waals surface area contributed by atoms with Gasteiger partial charge in [0.15, 0.2) is 0 Å². The molecule has 0 spiro atoms. The van der Waals surface area contributed by atoms with E-state index in [9.17, 15) is 4.79 Å². The highest BCUT2D eigenvalue weighted by atomic mass is 35.5. The molecule has 2 atom stereocenters.